The van der Waals surface area contributed by atoms with Crippen LogP contribution in [0.1, 0.15) is 29.4 Å². The summed E-state index contributed by atoms with van der Waals surface area (Å²) in [5.41, 5.74) is 1.38. The number of anilines is 1. The predicted octanol–water partition coefficient (Wildman–Crippen LogP) is 3.43. The van der Waals surface area contributed by atoms with Gasteiger partial charge in [-0.15, -0.1) is 0 Å². The van der Waals surface area contributed by atoms with Gasteiger partial charge in [0.25, 0.3) is 5.91 Å². The van der Waals surface area contributed by atoms with Crippen molar-refractivity contribution in [2.75, 3.05) is 11.9 Å². The quantitative estimate of drug-likeness (QED) is 0.905. The predicted molar refractivity (Wildman–Crippen MR) is 79.2 cm³/mol. The molecule has 0 aliphatic carbocycles. The number of hydrogen-bond acceptors (Lipinski definition) is 3. The number of pyridine rings is 1. The molecule has 0 spiro atoms. The van der Waals surface area contributed by atoms with Gasteiger partial charge in [0.15, 0.2) is 0 Å². The maximum absolute atomic E-state index is 12.3. The summed E-state index contributed by atoms with van der Waals surface area (Å²) in [6.07, 6.45) is 0.898. The largest absolute Gasteiger partial charge is 0.493 e. The van der Waals surface area contributed by atoms with Crippen molar-refractivity contribution in [1.82, 2.24) is 4.98 Å². The van der Waals surface area contributed by atoms with Crippen LogP contribution in [0.15, 0.2) is 42.5 Å². The molecule has 1 aromatic heterocycles. The second-order valence-electron chi connectivity index (χ2n) is 4.46. The van der Waals surface area contributed by atoms with E-state index >= 15 is 0 Å². The molecule has 1 heterocycles. The van der Waals surface area contributed by atoms with Gasteiger partial charge >= 0.3 is 0 Å². The average Bonchev–Trinajstić information content (AvgIpc) is 2.45. The minimum absolute atomic E-state index is 0.213. The van der Waals surface area contributed by atoms with E-state index < -0.39 is 0 Å². The lowest BCUT2D eigenvalue weighted by Gasteiger charge is -2.10. The van der Waals surface area contributed by atoms with E-state index in [1.54, 1.807) is 18.2 Å². The molecule has 0 saturated heterocycles. The molecule has 0 atom stereocenters. The fraction of sp³-hybridized carbons (Fsp3) is 0.250. The highest BCUT2D eigenvalue weighted by Crippen LogP contribution is 2.19. The van der Waals surface area contributed by atoms with Crippen LogP contribution < -0.4 is 10.1 Å². The van der Waals surface area contributed by atoms with E-state index in [-0.39, 0.29) is 5.91 Å². The SMILES string of the molecule is CCCOc1ccccc1C(=O)Nc1cccc(C)n1. The molecule has 0 radical (unpaired) electrons. The van der Waals surface area contributed by atoms with Gasteiger partial charge in [0, 0.05) is 5.69 Å². The van der Waals surface area contributed by atoms with Crippen molar-refractivity contribution in [3.63, 3.8) is 0 Å². The topological polar surface area (TPSA) is 51.2 Å². The Balaban J connectivity index is 2.16. The Kier molecular flexibility index (Phi) is 4.71. The van der Waals surface area contributed by atoms with E-state index in [1.165, 1.54) is 0 Å². The normalized spacial score (nSPS) is 10.1. The van der Waals surface area contributed by atoms with Crippen molar-refractivity contribution in [2.45, 2.75) is 20.3 Å². The third kappa shape index (κ3) is 3.57. The number of ether oxygens (including phenoxy) is 1. The third-order valence-electron chi connectivity index (χ3n) is 2.72. The summed E-state index contributed by atoms with van der Waals surface area (Å²) in [5, 5.41) is 2.79. The highest BCUT2D eigenvalue weighted by molar-refractivity contribution is 6.05. The molecule has 0 fully saturated rings. The number of nitrogens with one attached hydrogen (secondary N) is 1. The second-order valence-corrected chi connectivity index (χ2v) is 4.46. The van der Waals surface area contributed by atoms with E-state index in [0.29, 0.717) is 23.7 Å². The van der Waals surface area contributed by atoms with Gasteiger partial charge < -0.3 is 10.1 Å². The highest BCUT2D eigenvalue weighted by Gasteiger charge is 2.12. The standard InChI is InChI=1S/C16H18N2O2/c1-3-11-20-14-9-5-4-8-13(14)16(19)18-15-10-6-7-12(2)17-15/h4-10H,3,11H2,1-2H3,(H,17,18,19). The van der Waals surface area contributed by atoms with Crippen LogP contribution in [0.4, 0.5) is 5.82 Å². The first-order valence-electron chi connectivity index (χ1n) is 6.67. The summed E-state index contributed by atoms with van der Waals surface area (Å²) in [6, 6.07) is 12.7. The minimum atomic E-state index is -0.213. The Morgan fingerprint density at radius 2 is 2.00 bits per heavy atom. The fourth-order valence-electron chi connectivity index (χ4n) is 1.79. The maximum atomic E-state index is 12.3. The fourth-order valence-corrected chi connectivity index (χ4v) is 1.79. The van der Waals surface area contributed by atoms with E-state index in [4.69, 9.17) is 4.74 Å². The summed E-state index contributed by atoms with van der Waals surface area (Å²) >= 11 is 0. The van der Waals surface area contributed by atoms with Crippen molar-refractivity contribution in [3.8, 4) is 5.75 Å². The summed E-state index contributed by atoms with van der Waals surface area (Å²) < 4.78 is 5.59. The number of aromatic nitrogens is 1. The lowest BCUT2D eigenvalue weighted by molar-refractivity contribution is 0.102. The van der Waals surface area contributed by atoms with Crippen LogP contribution in [0.5, 0.6) is 5.75 Å². The summed E-state index contributed by atoms with van der Waals surface area (Å²) in [5.74, 6) is 0.926. The van der Waals surface area contributed by atoms with Gasteiger partial charge in [-0.05, 0) is 37.6 Å². The van der Waals surface area contributed by atoms with Gasteiger partial charge in [0.2, 0.25) is 0 Å². The molecule has 2 aromatic rings. The molecule has 1 aromatic carbocycles. The number of amides is 1. The Morgan fingerprint density at radius 3 is 2.75 bits per heavy atom. The Bertz CT molecular complexity index is 597. The Labute approximate surface area is 118 Å². The summed E-state index contributed by atoms with van der Waals surface area (Å²) in [4.78, 5) is 16.5. The van der Waals surface area contributed by atoms with Crippen molar-refractivity contribution < 1.29 is 9.53 Å². The second kappa shape index (κ2) is 6.70. The van der Waals surface area contributed by atoms with Gasteiger partial charge in [0.05, 0.1) is 12.2 Å². The monoisotopic (exact) mass is 270 g/mol. The first-order valence-corrected chi connectivity index (χ1v) is 6.67. The van der Waals surface area contributed by atoms with Crippen LogP contribution in [-0.2, 0) is 0 Å². The van der Waals surface area contributed by atoms with Crippen LogP contribution in [0, 0.1) is 6.92 Å². The van der Waals surface area contributed by atoms with E-state index in [9.17, 15) is 4.79 Å². The third-order valence-corrected chi connectivity index (χ3v) is 2.72. The van der Waals surface area contributed by atoms with Crippen LogP contribution in [0.25, 0.3) is 0 Å². The zero-order valence-corrected chi connectivity index (χ0v) is 11.7. The number of carbonyl (C=O) groups excluding carboxylic acids is 1. The molecule has 0 aliphatic rings. The van der Waals surface area contributed by atoms with Crippen molar-refractivity contribution >= 4 is 11.7 Å². The first-order chi connectivity index (χ1) is 9.70. The number of aryl methyl sites for hydroxylation is 1. The molecular formula is C16H18N2O2. The lowest BCUT2D eigenvalue weighted by atomic mass is 10.2. The summed E-state index contributed by atoms with van der Waals surface area (Å²) in [6.45, 7) is 4.50. The molecule has 2 rings (SSSR count). The lowest BCUT2D eigenvalue weighted by Crippen LogP contribution is -2.14. The van der Waals surface area contributed by atoms with E-state index in [2.05, 4.69) is 10.3 Å². The Morgan fingerprint density at radius 1 is 1.20 bits per heavy atom. The van der Waals surface area contributed by atoms with Crippen molar-refractivity contribution in [3.05, 3.63) is 53.7 Å². The molecule has 0 aliphatic heterocycles. The van der Waals surface area contributed by atoms with Gasteiger partial charge in [-0.25, -0.2) is 4.98 Å². The van der Waals surface area contributed by atoms with E-state index in [1.807, 2.05) is 38.1 Å². The minimum Gasteiger partial charge on any atom is -0.493 e. The number of nitrogens with zero attached hydrogens (tertiary/aromatic N) is 1. The first kappa shape index (κ1) is 14.1. The number of hydrogen-bond donors (Lipinski definition) is 1. The van der Waals surface area contributed by atoms with Crippen LogP contribution in [0.2, 0.25) is 0 Å². The van der Waals surface area contributed by atoms with E-state index in [0.717, 1.165) is 12.1 Å². The molecule has 0 bridgehead atoms. The van der Waals surface area contributed by atoms with Crippen molar-refractivity contribution in [2.24, 2.45) is 0 Å². The number of benzene rings is 1. The molecule has 1 N–H and O–H groups in total. The van der Waals surface area contributed by atoms with Gasteiger partial charge in [-0.2, -0.15) is 0 Å². The number of carbonyl (C=O) groups is 1. The zero-order valence-electron chi connectivity index (χ0n) is 11.7. The Hall–Kier alpha value is -2.36. The van der Waals surface area contributed by atoms with Crippen LogP contribution in [0.3, 0.4) is 0 Å². The van der Waals surface area contributed by atoms with Crippen LogP contribution in [-0.4, -0.2) is 17.5 Å². The molecule has 20 heavy (non-hydrogen) atoms. The summed E-state index contributed by atoms with van der Waals surface area (Å²) in [7, 11) is 0. The van der Waals surface area contributed by atoms with Gasteiger partial charge in [0.1, 0.15) is 11.6 Å². The molecule has 4 nitrogen and oxygen atoms in total. The van der Waals surface area contributed by atoms with Gasteiger partial charge in [-0.3, -0.25) is 4.79 Å². The molecule has 0 saturated carbocycles. The molecular weight excluding hydrogens is 252 g/mol. The highest BCUT2D eigenvalue weighted by atomic mass is 16.5. The van der Waals surface area contributed by atoms with Crippen LogP contribution >= 0.6 is 0 Å². The number of rotatable bonds is 5. The molecule has 0 unspecified atom stereocenters. The maximum Gasteiger partial charge on any atom is 0.260 e. The smallest absolute Gasteiger partial charge is 0.260 e. The molecule has 1 amide bonds. The average molecular weight is 270 g/mol. The zero-order chi connectivity index (χ0) is 14.4. The van der Waals surface area contributed by atoms with Gasteiger partial charge in [-0.1, -0.05) is 25.1 Å². The molecule has 104 valence electrons. The molecule has 4 heteroatoms. The van der Waals surface area contributed by atoms with Crippen molar-refractivity contribution in [1.29, 1.82) is 0 Å². The number of para-hydroxylation sites is 1.